The number of ether oxygens (including phenoxy) is 1. The Balaban J connectivity index is 1.91. The highest BCUT2D eigenvalue weighted by Crippen LogP contribution is 2.14. The van der Waals surface area contributed by atoms with E-state index in [0.29, 0.717) is 13.1 Å². The van der Waals surface area contributed by atoms with E-state index in [1.54, 1.807) is 11.8 Å². The van der Waals surface area contributed by atoms with Gasteiger partial charge in [-0.1, -0.05) is 6.92 Å². The van der Waals surface area contributed by atoms with Gasteiger partial charge in [-0.2, -0.15) is 0 Å². The van der Waals surface area contributed by atoms with Crippen molar-refractivity contribution in [1.29, 1.82) is 0 Å². The number of tetrazole rings is 1. The van der Waals surface area contributed by atoms with Gasteiger partial charge in [0.25, 0.3) is 5.91 Å². The Morgan fingerprint density at radius 1 is 1.29 bits per heavy atom. The predicted molar refractivity (Wildman–Crippen MR) is 89.8 cm³/mol. The van der Waals surface area contributed by atoms with Gasteiger partial charge < -0.3 is 15.0 Å². The van der Waals surface area contributed by atoms with Gasteiger partial charge >= 0.3 is 0 Å². The number of hydrogen-bond acceptors (Lipinski definition) is 5. The molecular formula is C16H25N6O2+. The number of nitrogens with one attached hydrogen (secondary N) is 2. The first-order valence-electron chi connectivity index (χ1n) is 8.18. The lowest BCUT2D eigenvalue weighted by Crippen LogP contribution is -3.11. The number of anilines is 1. The van der Waals surface area contributed by atoms with Gasteiger partial charge in [-0.3, -0.25) is 4.79 Å². The van der Waals surface area contributed by atoms with Crippen LogP contribution in [0.15, 0.2) is 24.3 Å². The lowest BCUT2D eigenvalue weighted by molar-refractivity contribution is -0.904. The number of carbonyl (C=O) groups excluding carboxylic acids is 1. The molecule has 1 heterocycles. The van der Waals surface area contributed by atoms with Crippen LogP contribution in [0.4, 0.5) is 5.69 Å². The number of benzene rings is 1. The molecule has 1 aromatic heterocycles. The van der Waals surface area contributed by atoms with Gasteiger partial charge in [-0.15, -0.1) is 5.10 Å². The third-order valence-corrected chi connectivity index (χ3v) is 3.73. The van der Waals surface area contributed by atoms with Crippen molar-refractivity contribution in [3.63, 3.8) is 0 Å². The molecule has 0 bridgehead atoms. The van der Waals surface area contributed by atoms with Gasteiger partial charge in [0.15, 0.2) is 6.54 Å². The van der Waals surface area contributed by atoms with Gasteiger partial charge in [0, 0.05) is 12.2 Å². The van der Waals surface area contributed by atoms with E-state index < -0.39 is 0 Å². The first-order valence-corrected chi connectivity index (χ1v) is 8.18. The zero-order chi connectivity index (χ0) is 17.4. The SMILES string of the molecule is CCCn1nnnc1C[NH+](CC)CC(=O)Nc1ccc(OC)cc1. The number of aromatic nitrogens is 4. The first-order chi connectivity index (χ1) is 11.7. The van der Waals surface area contributed by atoms with E-state index >= 15 is 0 Å². The number of methoxy groups -OCH3 is 1. The van der Waals surface area contributed by atoms with Crippen LogP contribution >= 0.6 is 0 Å². The topological polar surface area (TPSA) is 86.4 Å². The van der Waals surface area contributed by atoms with Gasteiger partial charge in [0.1, 0.15) is 12.3 Å². The third kappa shape index (κ3) is 5.02. The molecule has 1 unspecified atom stereocenters. The maximum absolute atomic E-state index is 12.3. The second-order valence-electron chi connectivity index (χ2n) is 5.55. The van der Waals surface area contributed by atoms with Crippen molar-refractivity contribution in [3.05, 3.63) is 30.1 Å². The van der Waals surface area contributed by atoms with E-state index in [0.717, 1.165) is 41.7 Å². The Morgan fingerprint density at radius 3 is 2.67 bits per heavy atom. The smallest absolute Gasteiger partial charge is 0.279 e. The fourth-order valence-electron chi connectivity index (χ4n) is 2.38. The quantitative estimate of drug-likeness (QED) is 0.681. The van der Waals surface area contributed by atoms with Crippen molar-refractivity contribution < 1.29 is 14.4 Å². The van der Waals surface area contributed by atoms with Crippen molar-refractivity contribution in [2.24, 2.45) is 0 Å². The molecule has 1 amide bonds. The highest BCUT2D eigenvalue weighted by atomic mass is 16.5. The Kier molecular flexibility index (Phi) is 6.68. The molecule has 0 aliphatic rings. The van der Waals surface area contributed by atoms with Crippen LogP contribution in [-0.4, -0.2) is 46.3 Å². The molecule has 0 aliphatic carbocycles. The van der Waals surface area contributed by atoms with Crippen LogP contribution in [0.5, 0.6) is 5.75 Å². The summed E-state index contributed by atoms with van der Waals surface area (Å²) in [7, 11) is 1.61. The van der Waals surface area contributed by atoms with Gasteiger partial charge in [-0.25, -0.2) is 4.68 Å². The monoisotopic (exact) mass is 333 g/mol. The molecule has 2 rings (SSSR count). The minimum atomic E-state index is -0.0356. The number of aryl methyl sites for hydroxylation is 1. The van der Waals surface area contributed by atoms with E-state index in [9.17, 15) is 4.79 Å². The van der Waals surface area contributed by atoms with Crippen LogP contribution in [0.25, 0.3) is 0 Å². The fourth-order valence-corrected chi connectivity index (χ4v) is 2.38. The molecule has 0 saturated heterocycles. The van der Waals surface area contributed by atoms with E-state index in [1.807, 2.05) is 31.2 Å². The number of nitrogens with zero attached hydrogens (tertiary/aromatic N) is 4. The van der Waals surface area contributed by atoms with Gasteiger partial charge in [-0.05, 0) is 48.0 Å². The van der Waals surface area contributed by atoms with Gasteiger partial charge in [0.05, 0.1) is 13.7 Å². The van der Waals surface area contributed by atoms with Crippen molar-refractivity contribution in [2.45, 2.75) is 33.4 Å². The van der Waals surface area contributed by atoms with E-state index in [4.69, 9.17) is 4.74 Å². The minimum Gasteiger partial charge on any atom is -0.497 e. The maximum atomic E-state index is 12.3. The molecule has 8 heteroatoms. The number of rotatable bonds is 9. The summed E-state index contributed by atoms with van der Waals surface area (Å²) < 4.78 is 6.91. The largest absolute Gasteiger partial charge is 0.497 e. The summed E-state index contributed by atoms with van der Waals surface area (Å²) in [6, 6.07) is 7.28. The number of amides is 1. The lowest BCUT2D eigenvalue weighted by Gasteiger charge is -2.16. The molecule has 24 heavy (non-hydrogen) atoms. The Morgan fingerprint density at radius 2 is 2.04 bits per heavy atom. The normalized spacial score (nSPS) is 12.0. The zero-order valence-corrected chi connectivity index (χ0v) is 14.5. The number of hydrogen-bond donors (Lipinski definition) is 2. The molecule has 0 radical (unpaired) electrons. The summed E-state index contributed by atoms with van der Waals surface area (Å²) in [5, 5.41) is 14.7. The second kappa shape index (κ2) is 8.97. The van der Waals surface area contributed by atoms with Gasteiger partial charge in [0.2, 0.25) is 5.82 Å². The average molecular weight is 333 g/mol. The average Bonchev–Trinajstić information content (AvgIpc) is 3.02. The van der Waals surface area contributed by atoms with Crippen LogP contribution in [0.2, 0.25) is 0 Å². The molecule has 0 fully saturated rings. The van der Waals surface area contributed by atoms with Crippen LogP contribution in [0.3, 0.4) is 0 Å². The third-order valence-electron chi connectivity index (χ3n) is 3.73. The molecule has 0 spiro atoms. The molecule has 2 aromatic rings. The van der Waals surface area contributed by atoms with Crippen molar-refractivity contribution in [2.75, 3.05) is 25.5 Å². The minimum absolute atomic E-state index is 0.0356. The van der Waals surface area contributed by atoms with Crippen molar-refractivity contribution in [1.82, 2.24) is 20.2 Å². The highest BCUT2D eigenvalue weighted by Gasteiger charge is 2.17. The first kappa shape index (κ1) is 17.9. The molecule has 130 valence electrons. The zero-order valence-electron chi connectivity index (χ0n) is 14.5. The molecule has 2 N–H and O–H groups in total. The summed E-state index contributed by atoms with van der Waals surface area (Å²) >= 11 is 0. The predicted octanol–water partition coefficient (Wildman–Crippen LogP) is 0.135. The van der Waals surface area contributed by atoms with Crippen LogP contribution in [-0.2, 0) is 17.9 Å². The summed E-state index contributed by atoms with van der Waals surface area (Å²) in [5.41, 5.74) is 0.757. The fraction of sp³-hybridized carbons (Fsp3) is 0.500. The van der Waals surface area contributed by atoms with E-state index in [-0.39, 0.29) is 5.91 Å². The number of carbonyl (C=O) groups is 1. The van der Waals surface area contributed by atoms with Crippen molar-refractivity contribution >= 4 is 11.6 Å². The lowest BCUT2D eigenvalue weighted by atomic mass is 10.3. The van der Waals surface area contributed by atoms with Crippen LogP contribution < -0.4 is 15.0 Å². The molecule has 8 nitrogen and oxygen atoms in total. The summed E-state index contributed by atoms with van der Waals surface area (Å²) in [4.78, 5) is 13.4. The second-order valence-corrected chi connectivity index (χ2v) is 5.55. The molecule has 0 aliphatic heterocycles. The maximum Gasteiger partial charge on any atom is 0.279 e. The Labute approximate surface area is 141 Å². The Hall–Kier alpha value is -2.48. The van der Waals surface area contributed by atoms with Crippen LogP contribution in [0.1, 0.15) is 26.1 Å². The molecule has 0 saturated carbocycles. The van der Waals surface area contributed by atoms with Crippen molar-refractivity contribution in [3.8, 4) is 5.75 Å². The standard InChI is InChI=1S/C16H24N6O2/c1-4-10-22-15(18-19-20-22)11-21(5-2)12-16(23)17-13-6-8-14(24-3)9-7-13/h6-9H,4-5,10-12H2,1-3H3,(H,17,23)/p+1. The summed E-state index contributed by atoms with van der Waals surface area (Å²) in [6.45, 7) is 6.72. The van der Waals surface area contributed by atoms with E-state index in [2.05, 4.69) is 27.8 Å². The van der Waals surface area contributed by atoms with E-state index in [1.165, 1.54) is 0 Å². The highest BCUT2D eigenvalue weighted by molar-refractivity contribution is 5.91. The van der Waals surface area contributed by atoms with Crippen LogP contribution in [0, 0.1) is 0 Å². The summed E-state index contributed by atoms with van der Waals surface area (Å²) in [6.07, 6.45) is 0.970. The Bertz CT molecular complexity index is 640. The number of quaternary nitrogens is 1. The number of likely N-dealkylation sites (N-methyl/N-ethyl adjacent to an activating group) is 1. The molecule has 1 atom stereocenters. The summed E-state index contributed by atoms with van der Waals surface area (Å²) in [5.74, 6) is 1.54. The molecule has 1 aromatic carbocycles. The molecular weight excluding hydrogens is 308 g/mol.